The van der Waals surface area contributed by atoms with Crippen LogP contribution in [0.2, 0.25) is 0 Å². The Bertz CT molecular complexity index is 426. The third kappa shape index (κ3) is 9.36. The maximum absolute atomic E-state index is 11.5. The Kier molecular flexibility index (Phi) is 12.2. The maximum Gasteiger partial charge on any atom is 0.211 e. The quantitative estimate of drug-likeness (QED) is 0.423. The van der Waals surface area contributed by atoms with Crippen LogP contribution in [0.15, 0.2) is 0 Å². The molecule has 3 N–H and O–H groups in total. The van der Waals surface area contributed by atoms with E-state index in [1.54, 1.807) is 6.92 Å². The van der Waals surface area contributed by atoms with E-state index in [2.05, 4.69) is 13.8 Å². The number of sulfonamides is 1. The molecule has 0 aromatic carbocycles. The van der Waals surface area contributed by atoms with Gasteiger partial charge in [0.05, 0.1) is 11.4 Å². The molecule has 0 saturated carbocycles. The van der Waals surface area contributed by atoms with Crippen molar-refractivity contribution >= 4 is 10.0 Å². The number of nitrogens with two attached hydrogens (primary N) is 1. The third-order valence-electron chi connectivity index (χ3n) is 5.99. The predicted molar refractivity (Wildman–Crippen MR) is 105 cm³/mol. The van der Waals surface area contributed by atoms with Crippen LogP contribution in [0.1, 0.15) is 86.0 Å². The number of aliphatic hydroxyl groups is 1. The van der Waals surface area contributed by atoms with Gasteiger partial charge in [0.1, 0.15) is 0 Å². The van der Waals surface area contributed by atoms with Crippen LogP contribution in [0.3, 0.4) is 0 Å². The molecule has 0 rings (SSSR count). The zero-order chi connectivity index (χ0) is 19.5. The highest BCUT2D eigenvalue weighted by atomic mass is 32.2. The number of primary sulfonamides is 1. The van der Waals surface area contributed by atoms with Gasteiger partial charge in [-0.1, -0.05) is 33.6 Å². The Labute approximate surface area is 155 Å². The van der Waals surface area contributed by atoms with Gasteiger partial charge in [0.2, 0.25) is 10.0 Å². The first-order chi connectivity index (χ1) is 11.7. The Morgan fingerprint density at radius 3 is 2.12 bits per heavy atom. The highest BCUT2D eigenvalue weighted by Gasteiger charge is 2.26. The molecule has 0 aliphatic carbocycles. The Morgan fingerprint density at radius 1 is 1.08 bits per heavy atom. The molecule has 0 aliphatic rings. The molecule has 0 spiro atoms. The summed E-state index contributed by atoms with van der Waals surface area (Å²) >= 11 is 0. The van der Waals surface area contributed by atoms with Crippen molar-refractivity contribution in [3.8, 4) is 0 Å². The average Bonchev–Trinajstić information content (AvgIpc) is 2.58. The van der Waals surface area contributed by atoms with Crippen molar-refractivity contribution in [2.45, 2.75) is 97.3 Å². The van der Waals surface area contributed by atoms with Gasteiger partial charge in [-0.05, 0) is 63.7 Å². The standard InChI is InChI=1S/C19H41NO4S/c1-6-18(17(5)25(20,22)23)12-11-16(4)24-14-10-9-13-19(7-2,8-3)15-21/h16-18,21H,6-15H2,1-5H3,(H2,20,22,23). The zero-order valence-electron chi connectivity index (χ0n) is 17.0. The summed E-state index contributed by atoms with van der Waals surface area (Å²) in [5.74, 6) is 0.0836. The minimum absolute atomic E-state index is 0.0732. The van der Waals surface area contributed by atoms with Gasteiger partial charge in [-0.3, -0.25) is 0 Å². The van der Waals surface area contributed by atoms with Crippen LogP contribution in [-0.4, -0.2) is 38.1 Å². The summed E-state index contributed by atoms with van der Waals surface area (Å²) in [6.45, 7) is 11.0. The normalized spacial score (nSPS) is 16.6. The van der Waals surface area contributed by atoms with E-state index in [0.717, 1.165) is 58.0 Å². The van der Waals surface area contributed by atoms with E-state index in [-0.39, 0.29) is 24.0 Å². The fourth-order valence-corrected chi connectivity index (χ4v) is 4.23. The van der Waals surface area contributed by atoms with Crippen LogP contribution in [0.25, 0.3) is 0 Å². The van der Waals surface area contributed by atoms with Crippen LogP contribution >= 0.6 is 0 Å². The highest BCUT2D eigenvalue weighted by Crippen LogP contribution is 2.31. The lowest BCUT2D eigenvalue weighted by Crippen LogP contribution is -2.33. The smallest absolute Gasteiger partial charge is 0.211 e. The lowest BCUT2D eigenvalue weighted by atomic mass is 9.79. The van der Waals surface area contributed by atoms with Crippen LogP contribution in [0.4, 0.5) is 0 Å². The molecule has 5 nitrogen and oxygen atoms in total. The van der Waals surface area contributed by atoms with Gasteiger partial charge in [-0.2, -0.15) is 0 Å². The number of rotatable bonds is 15. The Hall–Kier alpha value is -0.170. The van der Waals surface area contributed by atoms with Gasteiger partial charge in [-0.15, -0.1) is 0 Å². The molecule has 0 amide bonds. The van der Waals surface area contributed by atoms with Crippen molar-refractivity contribution in [1.82, 2.24) is 0 Å². The molecule has 0 aromatic rings. The van der Waals surface area contributed by atoms with E-state index in [4.69, 9.17) is 9.88 Å². The van der Waals surface area contributed by atoms with Crippen LogP contribution in [0.5, 0.6) is 0 Å². The highest BCUT2D eigenvalue weighted by molar-refractivity contribution is 7.89. The largest absolute Gasteiger partial charge is 0.396 e. The van der Waals surface area contributed by atoms with Gasteiger partial charge in [0.15, 0.2) is 0 Å². The summed E-state index contributed by atoms with van der Waals surface area (Å²) in [5.41, 5.74) is 0.0732. The summed E-state index contributed by atoms with van der Waals surface area (Å²) < 4.78 is 28.9. The molecule has 152 valence electrons. The summed E-state index contributed by atoms with van der Waals surface area (Å²) in [6.07, 6.45) is 7.72. The molecule has 0 aromatic heterocycles. The van der Waals surface area contributed by atoms with Crippen LogP contribution in [0, 0.1) is 11.3 Å². The van der Waals surface area contributed by atoms with Crippen molar-refractivity contribution < 1.29 is 18.3 Å². The molecule has 6 heteroatoms. The molecular weight excluding hydrogens is 338 g/mol. The first kappa shape index (κ1) is 24.8. The molecule has 3 unspecified atom stereocenters. The van der Waals surface area contributed by atoms with Crippen LogP contribution < -0.4 is 5.14 Å². The number of hydrogen-bond acceptors (Lipinski definition) is 4. The Morgan fingerprint density at radius 2 is 1.68 bits per heavy atom. The number of aliphatic hydroxyl groups excluding tert-OH is 1. The SMILES string of the molecule is CCC(CCC(C)OCCCCC(CC)(CC)CO)C(C)S(N)(=O)=O. The fraction of sp³-hybridized carbons (Fsp3) is 1.00. The van der Waals surface area contributed by atoms with Crippen molar-refractivity contribution in [1.29, 1.82) is 0 Å². The molecule has 3 atom stereocenters. The molecule has 0 saturated heterocycles. The third-order valence-corrected chi connectivity index (χ3v) is 7.41. The van der Waals surface area contributed by atoms with E-state index in [1.807, 2.05) is 13.8 Å². The maximum atomic E-state index is 11.5. The summed E-state index contributed by atoms with van der Waals surface area (Å²) in [7, 11) is -3.47. The number of ether oxygens (including phenoxy) is 1. The second-order valence-corrected chi connectivity index (χ2v) is 9.47. The van der Waals surface area contributed by atoms with Crippen LogP contribution in [-0.2, 0) is 14.8 Å². The van der Waals surface area contributed by atoms with Gasteiger partial charge in [-0.25, -0.2) is 13.6 Å². The second-order valence-electron chi connectivity index (χ2n) is 7.54. The minimum atomic E-state index is -3.47. The van der Waals surface area contributed by atoms with Gasteiger partial charge in [0.25, 0.3) is 0 Å². The minimum Gasteiger partial charge on any atom is -0.396 e. The first-order valence-corrected chi connectivity index (χ1v) is 11.5. The predicted octanol–water partition coefficient (Wildman–Crippen LogP) is 3.84. The monoisotopic (exact) mass is 379 g/mol. The number of hydrogen-bond donors (Lipinski definition) is 2. The summed E-state index contributed by atoms with van der Waals surface area (Å²) in [6, 6.07) is 0. The van der Waals surface area contributed by atoms with Crippen molar-refractivity contribution in [2.75, 3.05) is 13.2 Å². The molecule has 25 heavy (non-hydrogen) atoms. The van der Waals surface area contributed by atoms with Gasteiger partial charge in [0, 0.05) is 13.2 Å². The molecule has 0 fully saturated rings. The number of unbranched alkanes of at least 4 members (excludes halogenated alkanes) is 1. The molecule has 0 bridgehead atoms. The van der Waals surface area contributed by atoms with Crippen molar-refractivity contribution in [3.63, 3.8) is 0 Å². The van der Waals surface area contributed by atoms with Gasteiger partial charge >= 0.3 is 0 Å². The van der Waals surface area contributed by atoms with E-state index in [9.17, 15) is 13.5 Å². The molecule has 0 heterocycles. The van der Waals surface area contributed by atoms with E-state index >= 15 is 0 Å². The summed E-state index contributed by atoms with van der Waals surface area (Å²) in [5, 5.41) is 14.4. The van der Waals surface area contributed by atoms with E-state index in [0.29, 0.717) is 0 Å². The van der Waals surface area contributed by atoms with Gasteiger partial charge < -0.3 is 9.84 Å². The average molecular weight is 380 g/mol. The first-order valence-electron chi connectivity index (χ1n) is 9.89. The van der Waals surface area contributed by atoms with Crippen molar-refractivity contribution in [3.05, 3.63) is 0 Å². The molecular formula is C19H41NO4S. The van der Waals surface area contributed by atoms with Crippen molar-refractivity contribution in [2.24, 2.45) is 16.5 Å². The van der Waals surface area contributed by atoms with E-state index < -0.39 is 15.3 Å². The summed E-state index contributed by atoms with van der Waals surface area (Å²) in [4.78, 5) is 0. The molecule has 0 radical (unpaired) electrons. The lowest BCUT2D eigenvalue weighted by molar-refractivity contribution is 0.0476. The fourth-order valence-electron chi connectivity index (χ4n) is 3.36. The Balaban J connectivity index is 4.06. The molecule has 0 aliphatic heterocycles. The second kappa shape index (κ2) is 12.3. The topological polar surface area (TPSA) is 89.6 Å². The zero-order valence-corrected chi connectivity index (χ0v) is 17.8. The van der Waals surface area contributed by atoms with E-state index in [1.165, 1.54) is 0 Å². The lowest BCUT2D eigenvalue weighted by Gasteiger charge is -2.29.